The highest BCUT2D eigenvalue weighted by atomic mass is 16.7. The number of fused-ring (bicyclic) bond motifs is 1. The molecule has 2 heterocycles. The van der Waals surface area contributed by atoms with Crippen molar-refractivity contribution in [3.63, 3.8) is 0 Å². The molecular formula is C20H18O10. The summed E-state index contributed by atoms with van der Waals surface area (Å²) in [5.41, 5.74) is -0.293. The van der Waals surface area contributed by atoms with E-state index in [4.69, 9.17) is 13.9 Å². The van der Waals surface area contributed by atoms with Crippen molar-refractivity contribution in [1.29, 1.82) is 0 Å². The SMILES string of the molecule is O=c1cc(-c2ccc(OC3OCC(O)C(O)C3O)c(O)c2)oc2cc(O)cc(O)c12. The summed E-state index contributed by atoms with van der Waals surface area (Å²) in [6.07, 6.45) is -5.58. The van der Waals surface area contributed by atoms with E-state index < -0.39 is 35.8 Å². The number of hydrogen-bond donors (Lipinski definition) is 6. The van der Waals surface area contributed by atoms with Gasteiger partial charge in [-0.05, 0) is 18.2 Å². The zero-order valence-electron chi connectivity index (χ0n) is 15.3. The summed E-state index contributed by atoms with van der Waals surface area (Å²) in [4.78, 5) is 12.3. The highest BCUT2D eigenvalue weighted by molar-refractivity contribution is 5.86. The van der Waals surface area contributed by atoms with Crippen molar-refractivity contribution >= 4 is 11.0 Å². The van der Waals surface area contributed by atoms with Crippen LogP contribution in [0.3, 0.4) is 0 Å². The van der Waals surface area contributed by atoms with Crippen LogP contribution in [-0.4, -0.2) is 61.8 Å². The van der Waals surface area contributed by atoms with E-state index in [9.17, 15) is 35.4 Å². The molecule has 3 aromatic rings. The van der Waals surface area contributed by atoms with Gasteiger partial charge >= 0.3 is 0 Å². The number of aliphatic hydroxyl groups excluding tert-OH is 3. The van der Waals surface area contributed by atoms with Crippen LogP contribution in [0.4, 0.5) is 0 Å². The Morgan fingerprint density at radius 2 is 1.70 bits per heavy atom. The summed E-state index contributed by atoms with van der Waals surface area (Å²) in [7, 11) is 0. The van der Waals surface area contributed by atoms with Gasteiger partial charge in [0, 0.05) is 23.8 Å². The third-order valence-electron chi connectivity index (χ3n) is 4.74. The van der Waals surface area contributed by atoms with Crippen molar-refractivity contribution in [2.24, 2.45) is 0 Å². The fourth-order valence-electron chi connectivity index (χ4n) is 3.17. The first-order valence-electron chi connectivity index (χ1n) is 8.90. The molecule has 1 aromatic heterocycles. The fourth-order valence-corrected chi connectivity index (χ4v) is 3.17. The maximum Gasteiger partial charge on any atom is 0.229 e. The van der Waals surface area contributed by atoms with Crippen molar-refractivity contribution in [3.8, 4) is 34.3 Å². The van der Waals surface area contributed by atoms with Crippen molar-refractivity contribution in [2.75, 3.05) is 6.61 Å². The summed E-state index contributed by atoms with van der Waals surface area (Å²) < 4.78 is 16.1. The first kappa shape index (κ1) is 20.0. The summed E-state index contributed by atoms with van der Waals surface area (Å²) >= 11 is 0. The molecule has 0 saturated carbocycles. The monoisotopic (exact) mass is 418 g/mol. The minimum Gasteiger partial charge on any atom is -0.508 e. The second-order valence-electron chi connectivity index (χ2n) is 6.86. The molecule has 10 nitrogen and oxygen atoms in total. The second-order valence-corrected chi connectivity index (χ2v) is 6.86. The van der Waals surface area contributed by atoms with E-state index in [1.165, 1.54) is 24.3 Å². The lowest BCUT2D eigenvalue weighted by Gasteiger charge is -2.35. The van der Waals surface area contributed by atoms with Gasteiger partial charge in [0.05, 0.1) is 6.61 Å². The van der Waals surface area contributed by atoms with Gasteiger partial charge in [-0.1, -0.05) is 0 Å². The predicted molar refractivity (Wildman–Crippen MR) is 101 cm³/mol. The van der Waals surface area contributed by atoms with Gasteiger partial charge in [0.1, 0.15) is 46.5 Å². The standard InChI is InChI=1S/C20H18O10/c21-9-4-11(23)17-12(24)6-15(29-16(17)5-9)8-1-2-14(10(22)3-8)30-20-19(27)18(26)13(25)7-28-20/h1-6,13,18-23,25-27H,7H2. The Kier molecular flexibility index (Phi) is 5.00. The van der Waals surface area contributed by atoms with Crippen molar-refractivity contribution in [2.45, 2.75) is 24.6 Å². The number of phenolic OH excluding ortho intramolecular Hbond substituents is 3. The molecule has 2 aromatic carbocycles. The average molecular weight is 418 g/mol. The molecule has 1 aliphatic heterocycles. The zero-order valence-corrected chi connectivity index (χ0v) is 15.3. The van der Waals surface area contributed by atoms with Crippen LogP contribution in [-0.2, 0) is 4.74 Å². The Morgan fingerprint density at radius 3 is 2.43 bits per heavy atom. The summed E-state index contributed by atoms with van der Waals surface area (Å²) in [6, 6.07) is 7.36. The molecule has 6 N–H and O–H groups in total. The Hall–Kier alpha value is -3.31. The van der Waals surface area contributed by atoms with E-state index >= 15 is 0 Å². The maximum absolute atomic E-state index is 12.3. The van der Waals surface area contributed by atoms with Crippen molar-refractivity contribution < 1.29 is 44.5 Å². The highest BCUT2D eigenvalue weighted by Crippen LogP contribution is 2.35. The van der Waals surface area contributed by atoms with E-state index in [0.717, 1.165) is 12.1 Å². The Balaban J connectivity index is 1.64. The molecule has 4 atom stereocenters. The predicted octanol–water partition coefficient (Wildman–Crippen LogP) is 0.395. The van der Waals surface area contributed by atoms with Crippen molar-refractivity contribution in [3.05, 3.63) is 46.6 Å². The van der Waals surface area contributed by atoms with Crippen LogP contribution < -0.4 is 10.2 Å². The van der Waals surface area contributed by atoms with Gasteiger partial charge in [-0.2, -0.15) is 0 Å². The molecule has 30 heavy (non-hydrogen) atoms. The Bertz CT molecular complexity index is 1150. The topological polar surface area (TPSA) is 170 Å². The summed E-state index contributed by atoms with van der Waals surface area (Å²) in [5.74, 6) is -1.09. The molecule has 4 rings (SSSR count). The number of ether oxygens (including phenoxy) is 2. The number of phenols is 3. The van der Waals surface area contributed by atoms with E-state index in [1.54, 1.807) is 0 Å². The van der Waals surface area contributed by atoms with Crippen LogP contribution in [0.25, 0.3) is 22.3 Å². The average Bonchev–Trinajstić information content (AvgIpc) is 2.68. The molecule has 158 valence electrons. The van der Waals surface area contributed by atoms with Crippen LogP contribution in [0.15, 0.2) is 45.6 Å². The van der Waals surface area contributed by atoms with Gasteiger partial charge < -0.3 is 44.5 Å². The van der Waals surface area contributed by atoms with Gasteiger partial charge in [0.15, 0.2) is 16.9 Å². The van der Waals surface area contributed by atoms with Crippen LogP contribution in [0, 0.1) is 0 Å². The quantitative estimate of drug-likeness (QED) is 0.350. The largest absolute Gasteiger partial charge is 0.508 e. The van der Waals surface area contributed by atoms with Gasteiger partial charge in [-0.15, -0.1) is 0 Å². The first-order valence-corrected chi connectivity index (χ1v) is 8.90. The lowest BCUT2D eigenvalue weighted by molar-refractivity contribution is -0.242. The maximum atomic E-state index is 12.3. The lowest BCUT2D eigenvalue weighted by atomic mass is 10.1. The minimum absolute atomic E-state index is 0.0407. The third-order valence-corrected chi connectivity index (χ3v) is 4.74. The Morgan fingerprint density at radius 1 is 0.933 bits per heavy atom. The van der Waals surface area contributed by atoms with E-state index in [2.05, 4.69) is 0 Å². The van der Waals surface area contributed by atoms with E-state index in [0.29, 0.717) is 5.56 Å². The van der Waals surface area contributed by atoms with Gasteiger partial charge in [0.25, 0.3) is 0 Å². The Labute approximate surface area is 168 Å². The van der Waals surface area contributed by atoms with Crippen molar-refractivity contribution in [1.82, 2.24) is 0 Å². The molecule has 1 fully saturated rings. The van der Waals surface area contributed by atoms with Crippen LogP contribution in [0.5, 0.6) is 23.0 Å². The lowest BCUT2D eigenvalue weighted by Crippen LogP contribution is -2.54. The van der Waals surface area contributed by atoms with Gasteiger partial charge in [0.2, 0.25) is 6.29 Å². The van der Waals surface area contributed by atoms with Crippen LogP contribution in [0.1, 0.15) is 0 Å². The minimum atomic E-state index is -1.54. The molecule has 0 radical (unpaired) electrons. The molecule has 4 unspecified atom stereocenters. The number of rotatable bonds is 3. The molecule has 0 aliphatic carbocycles. The molecule has 1 aliphatic rings. The first-order chi connectivity index (χ1) is 14.2. The highest BCUT2D eigenvalue weighted by Gasteiger charge is 2.39. The van der Waals surface area contributed by atoms with Crippen LogP contribution >= 0.6 is 0 Å². The van der Waals surface area contributed by atoms with Gasteiger partial charge in [-0.3, -0.25) is 4.79 Å². The van der Waals surface area contributed by atoms with Crippen LogP contribution in [0.2, 0.25) is 0 Å². The summed E-state index contributed by atoms with van der Waals surface area (Å²) in [5, 5.41) is 58.8. The number of benzene rings is 2. The van der Waals surface area contributed by atoms with E-state index in [-0.39, 0.29) is 40.6 Å². The smallest absolute Gasteiger partial charge is 0.229 e. The molecule has 0 bridgehead atoms. The second kappa shape index (κ2) is 7.50. The zero-order chi connectivity index (χ0) is 21.6. The fraction of sp³-hybridized carbons (Fsp3) is 0.250. The number of aliphatic hydroxyl groups is 3. The van der Waals surface area contributed by atoms with Gasteiger partial charge in [-0.25, -0.2) is 0 Å². The molecule has 10 heteroatoms. The molecule has 0 spiro atoms. The molecule has 0 amide bonds. The number of hydrogen-bond acceptors (Lipinski definition) is 10. The third kappa shape index (κ3) is 3.53. The molecular weight excluding hydrogens is 400 g/mol. The van der Waals surface area contributed by atoms with E-state index in [1.807, 2.05) is 0 Å². The number of aromatic hydroxyl groups is 3. The normalized spacial score (nSPS) is 24.1. The molecule has 1 saturated heterocycles. The summed E-state index contributed by atoms with van der Waals surface area (Å²) in [6.45, 7) is -0.260.